The van der Waals surface area contributed by atoms with Crippen molar-refractivity contribution in [3.05, 3.63) is 23.8 Å². The molecule has 3 aliphatic rings. The highest BCUT2D eigenvalue weighted by molar-refractivity contribution is 14.0. The van der Waals surface area contributed by atoms with E-state index in [-0.39, 0.29) is 24.0 Å². The van der Waals surface area contributed by atoms with Crippen LogP contribution in [0.1, 0.15) is 38.2 Å². The van der Waals surface area contributed by atoms with Gasteiger partial charge in [0.25, 0.3) is 0 Å². The van der Waals surface area contributed by atoms with E-state index in [0.717, 1.165) is 48.8 Å². The van der Waals surface area contributed by atoms with Crippen molar-refractivity contribution in [1.29, 1.82) is 0 Å². The molecule has 144 valence electrons. The quantitative estimate of drug-likeness (QED) is 0.400. The fourth-order valence-corrected chi connectivity index (χ4v) is 3.76. The number of guanidine groups is 1. The highest BCUT2D eigenvalue weighted by Crippen LogP contribution is 2.34. The molecular weight excluding hydrogens is 445 g/mol. The van der Waals surface area contributed by atoms with Gasteiger partial charge in [-0.05, 0) is 43.9 Å². The molecule has 7 heteroatoms. The molecular formula is C19H28IN3O3. The number of aliphatic imine (C=N–C) groups is 1. The first kappa shape index (κ1) is 19.5. The molecule has 3 unspecified atom stereocenters. The monoisotopic (exact) mass is 473 g/mol. The van der Waals surface area contributed by atoms with Gasteiger partial charge in [0, 0.05) is 13.0 Å². The maximum absolute atomic E-state index is 5.93. The minimum atomic E-state index is 0. The third-order valence-corrected chi connectivity index (χ3v) is 5.00. The van der Waals surface area contributed by atoms with Gasteiger partial charge in [-0.25, -0.2) is 4.99 Å². The Morgan fingerprint density at radius 1 is 1.19 bits per heavy atom. The molecule has 0 amide bonds. The average Bonchev–Trinajstić information content (AvgIpc) is 3.16. The Labute approximate surface area is 172 Å². The van der Waals surface area contributed by atoms with Crippen LogP contribution in [-0.4, -0.2) is 44.0 Å². The first-order valence-corrected chi connectivity index (χ1v) is 9.40. The SMILES string of the molecule is CCNC(=NCc1ccc2c(c1)OCCCO2)NC1CC2CCC1O2.I. The number of halogens is 1. The summed E-state index contributed by atoms with van der Waals surface area (Å²) in [6.45, 7) is 4.95. The van der Waals surface area contributed by atoms with Gasteiger partial charge in [-0.2, -0.15) is 0 Å². The zero-order valence-electron chi connectivity index (χ0n) is 15.2. The molecule has 6 nitrogen and oxygen atoms in total. The summed E-state index contributed by atoms with van der Waals surface area (Å²) in [6, 6.07) is 6.45. The van der Waals surface area contributed by atoms with Crippen LogP contribution in [0.5, 0.6) is 11.5 Å². The van der Waals surface area contributed by atoms with Crippen LogP contribution in [0, 0.1) is 0 Å². The fourth-order valence-electron chi connectivity index (χ4n) is 3.76. The molecule has 0 aliphatic carbocycles. The summed E-state index contributed by atoms with van der Waals surface area (Å²) in [6.07, 6.45) is 5.14. The van der Waals surface area contributed by atoms with Crippen LogP contribution < -0.4 is 20.1 Å². The number of hydrogen-bond acceptors (Lipinski definition) is 4. The average molecular weight is 473 g/mol. The first-order valence-electron chi connectivity index (χ1n) is 9.40. The molecule has 2 N–H and O–H groups in total. The number of benzene rings is 1. The number of fused-ring (bicyclic) bond motifs is 3. The lowest BCUT2D eigenvalue weighted by Gasteiger charge is -2.22. The van der Waals surface area contributed by atoms with Gasteiger partial charge < -0.3 is 24.8 Å². The summed E-state index contributed by atoms with van der Waals surface area (Å²) < 4.78 is 17.4. The fraction of sp³-hybridized carbons (Fsp3) is 0.632. The summed E-state index contributed by atoms with van der Waals surface area (Å²) in [5, 5.41) is 6.89. The van der Waals surface area contributed by atoms with Gasteiger partial charge >= 0.3 is 0 Å². The van der Waals surface area contributed by atoms with E-state index in [1.807, 2.05) is 12.1 Å². The molecule has 2 fully saturated rings. The zero-order chi connectivity index (χ0) is 17.1. The molecule has 1 aromatic rings. The largest absolute Gasteiger partial charge is 0.490 e. The Hall–Kier alpha value is -1.22. The van der Waals surface area contributed by atoms with Gasteiger partial charge in [0.05, 0.1) is 38.0 Å². The Morgan fingerprint density at radius 3 is 2.77 bits per heavy atom. The van der Waals surface area contributed by atoms with Crippen molar-refractivity contribution < 1.29 is 14.2 Å². The van der Waals surface area contributed by atoms with E-state index >= 15 is 0 Å². The molecule has 4 rings (SSSR count). The summed E-state index contributed by atoms with van der Waals surface area (Å²) in [5.41, 5.74) is 1.12. The molecule has 3 aliphatic heterocycles. The number of nitrogens with zero attached hydrogens (tertiary/aromatic N) is 1. The zero-order valence-corrected chi connectivity index (χ0v) is 17.5. The van der Waals surface area contributed by atoms with Gasteiger partial charge in [0.1, 0.15) is 0 Å². The van der Waals surface area contributed by atoms with Crippen LogP contribution in [0.25, 0.3) is 0 Å². The van der Waals surface area contributed by atoms with Crippen molar-refractivity contribution >= 4 is 29.9 Å². The van der Waals surface area contributed by atoms with Crippen LogP contribution >= 0.6 is 24.0 Å². The van der Waals surface area contributed by atoms with Gasteiger partial charge in [0.15, 0.2) is 17.5 Å². The van der Waals surface area contributed by atoms with Gasteiger partial charge in [0.2, 0.25) is 0 Å². The summed E-state index contributed by atoms with van der Waals surface area (Å²) in [7, 11) is 0. The Morgan fingerprint density at radius 2 is 2.04 bits per heavy atom. The van der Waals surface area contributed by atoms with Crippen molar-refractivity contribution in [2.45, 2.75) is 57.4 Å². The van der Waals surface area contributed by atoms with Crippen molar-refractivity contribution in [3.8, 4) is 11.5 Å². The minimum Gasteiger partial charge on any atom is -0.490 e. The third-order valence-electron chi connectivity index (χ3n) is 5.00. The molecule has 3 heterocycles. The molecule has 0 saturated carbocycles. The second-order valence-corrected chi connectivity index (χ2v) is 6.89. The van der Waals surface area contributed by atoms with Gasteiger partial charge in [-0.3, -0.25) is 0 Å². The number of rotatable bonds is 4. The van der Waals surface area contributed by atoms with Crippen molar-refractivity contribution in [2.75, 3.05) is 19.8 Å². The standard InChI is InChI=1S/C19H27N3O3.HI/c1-2-20-19(22-15-11-14-5-7-16(15)25-14)21-12-13-4-6-17-18(10-13)24-9-3-8-23-17;/h4,6,10,14-16H,2-3,5,7-9,11-12H2,1H3,(H2,20,21,22);1H. The molecule has 3 atom stereocenters. The maximum atomic E-state index is 5.93. The van der Waals surface area contributed by atoms with Crippen LogP contribution in [0.15, 0.2) is 23.2 Å². The lowest BCUT2D eigenvalue weighted by atomic mass is 9.96. The van der Waals surface area contributed by atoms with E-state index in [4.69, 9.17) is 19.2 Å². The molecule has 1 aromatic carbocycles. The molecule has 26 heavy (non-hydrogen) atoms. The number of nitrogens with one attached hydrogen (secondary N) is 2. The van der Waals surface area contributed by atoms with Crippen LogP contribution in [0.3, 0.4) is 0 Å². The van der Waals surface area contributed by atoms with Gasteiger partial charge in [-0.15, -0.1) is 24.0 Å². The van der Waals surface area contributed by atoms with Crippen LogP contribution in [0.2, 0.25) is 0 Å². The van der Waals surface area contributed by atoms with Crippen LogP contribution in [0.4, 0.5) is 0 Å². The van der Waals surface area contributed by atoms with E-state index in [2.05, 4.69) is 23.6 Å². The molecule has 0 aromatic heterocycles. The lowest BCUT2D eigenvalue weighted by molar-refractivity contribution is 0.0992. The highest BCUT2D eigenvalue weighted by Gasteiger charge is 2.41. The molecule has 2 saturated heterocycles. The Balaban J connectivity index is 0.00000196. The molecule has 2 bridgehead atoms. The van der Waals surface area contributed by atoms with Crippen molar-refractivity contribution in [3.63, 3.8) is 0 Å². The number of ether oxygens (including phenoxy) is 3. The van der Waals surface area contributed by atoms with E-state index in [9.17, 15) is 0 Å². The Bertz CT molecular complexity index is 640. The van der Waals surface area contributed by atoms with Crippen LogP contribution in [-0.2, 0) is 11.3 Å². The highest BCUT2D eigenvalue weighted by atomic mass is 127. The summed E-state index contributed by atoms with van der Waals surface area (Å²) >= 11 is 0. The summed E-state index contributed by atoms with van der Waals surface area (Å²) in [5.74, 6) is 2.51. The van der Waals surface area contributed by atoms with Crippen molar-refractivity contribution in [2.24, 2.45) is 4.99 Å². The Kier molecular flexibility index (Phi) is 6.86. The topological polar surface area (TPSA) is 64.1 Å². The van der Waals surface area contributed by atoms with E-state index in [0.29, 0.717) is 38.0 Å². The third kappa shape index (κ3) is 4.54. The van der Waals surface area contributed by atoms with E-state index in [1.165, 1.54) is 6.42 Å². The molecule has 0 radical (unpaired) electrons. The molecule has 0 spiro atoms. The lowest BCUT2D eigenvalue weighted by Crippen LogP contribution is -2.47. The summed E-state index contributed by atoms with van der Waals surface area (Å²) in [4.78, 5) is 4.75. The number of hydrogen-bond donors (Lipinski definition) is 2. The smallest absolute Gasteiger partial charge is 0.191 e. The van der Waals surface area contributed by atoms with E-state index in [1.54, 1.807) is 0 Å². The second kappa shape index (κ2) is 9.12. The van der Waals surface area contributed by atoms with E-state index < -0.39 is 0 Å². The maximum Gasteiger partial charge on any atom is 0.191 e. The van der Waals surface area contributed by atoms with Gasteiger partial charge in [-0.1, -0.05) is 6.07 Å². The van der Waals surface area contributed by atoms with Crippen molar-refractivity contribution in [1.82, 2.24) is 10.6 Å². The normalized spacial score (nSPS) is 26.8. The second-order valence-electron chi connectivity index (χ2n) is 6.89. The first-order chi connectivity index (χ1) is 12.3. The minimum absolute atomic E-state index is 0. The predicted octanol–water partition coefficient (Wildman–Crippen LogP) is 2.84. The predicted molar refractivity (Wildman–Crippen MR) is 112 cm³/mol.